The van der Waals surface area contributed by atoms with Crippen LogP contribution in [0.25, 0.3) is 0 Å². The first-order valence-electron chi connectivity index (χ1n) is 5.02. The van der Waals surface area contributed by atoms with Crippen LogP contribution in [0.1, 0.15) is 13.8 Å². The number of amides is 1. The van der Waals surface area contributed by atoms with Gasteiger partial charge in [-0.25, -0.2) is 13.2 Å². The zero-order valence-electron chi connectivity index (χ0n) is 9.25. The normalized spacial score (nSPS) is 37.5. The first kappa shape index (κ1) is 12.6. The van der Waals surface area contributed by atoms with Crippen LogP contribution in [0.2, 0.25) is 0 Å². The number of sulfone groups is 1. The minimum absolute atomic E-state index is 0.109. The van der Waals surface area contributed by atoms with Gasteiger partial charge in [0, 0.05) is 5.88 Å². The topological polar surface area (TPSA) is 91.8 Å². The summed E-state index contributed by atoms with van der Waals surface area (Å²) in [6, 6.07) is -1.33. The zero-order valence-corrected chi connectivity index (χ0v) is 10.8. The molecule has 2 rings (SSSR count). The predicted octanol–water partition coefficient (Wildman–Crippen LogP) is -0.330. The standard InChI is InChI=1S/C9H12ClNO5S/c1-9(2)5(8(13)14)11-6(12)4(3-10)7(11)17(9,15)16/h4-5,7H,3H2,1-2H3,(H,13,14)/t4-,5+,7-/m1/s1. The van der Waals surface area contributed by atoms with Crippen LogP contribution in [-0.4, -0.2) is 52.3 Å². The minimum Gasteiger partial charge on any atom is -0.480 e. The van der Waals surface area contributed by atoms with Gasteiger partial charge < -0.3 is 10.0 Å². The number of carbonyl (C=O) groups is 2. The molecule has 17 heavy (non-hydrogen) atoms. The van der Waals surface area contributed by atoms with Crippen LogP contribution >= 0.6 is 11.6 Å². The summed E-state index contributed by atoms with van der Waals surface area (Å²) in [5, 5.41) is 8.01. The Bertz CT molecular complexity index is 500. The van der Waals surface area contributed by atoms with Crippen molar-refractivity contribution in [3.63, 3.8) is 0 Å². The Kier molecular flexibility index (Phi) is 2.49. The Morgan fingerprint density at radius 1 is 1.53 bits per heavy atom. The van der Waals surface area contributed by atoms with E-state index in [2.05, 4.69) is 0 Å². The van der Waals surface area contributed by atoms with Crippen LogP contribution in [0.5, 0.6) is 0 Å². The minimum atomic E-state index is -3.71. The molecule has 3 atom stereocenters. The largest absolute Gasteiger partial charge is 0.480 e. The van der Waals surface area contributed by atoms with Gasteiger partial charge in [0.15, 0.2) is 9.84 Å². The summed E-state index contributed by atoms with van der Waals surface area (Å²) in [7, 11) is -3.71. The zero-order chi connectivity index (χ0) is 13.2. The van der Waals surface area contributed by atoms with Crippen molar-refractivity contribution < 1.29 is 23.1 Å². The molecule has 0 spiro atoms. The summed E-state index contributed by atoms with van der Waals surface area (Å²) in [6.45, 7) is 2.66. The maximum atomic E-state index is 12.2. The molecule has 6 nitrogen and oxygen atoms in total. The van der Waals surface area contributed by atoms with E-state index >= 15 is 0 Å². The second-order valence-corrected chi connectivity index (χ2v) is 7.72. The highest BCUT2D eigenvalue weighted by atomic mass is 35.5. The highest BCUT2D eigenvalue weighted by Gasteiger charge is 2.71. The smallest absolute Gasteiger partial charge is 0.328 e. The molecule has 0 aromatic rings. The van der Waals surface area contributed by atoms with Crippen molar-refractivity contribution in [1.29, 1.82) is 0 Å². The lowest BCUT2D eigenvalue weighted by molar-refractivity contribution is -0.162. The van der Waals surface area contributed by atoms with Crippen LogP contribution in [-0.2, 0) is 19.4 Å². The van der Waals surface area contributed by atoms with Crippen molar-refractivity contribution in [3.8, 4) is 0 Å². The number of aliphatic carboxylic acids is 1. The van der Waals surface area contributed by atoms with Crippen molar-refractivity contribution in [2.24, 2.45) is 5.92 Å². The van der Waals surface area contributed by atoms with E-state index in [1.807, 2.05) is 0 Å². The molecular formula is C9H12ClNO5S. The molecule has 2 aliphatic heterocycles. The summed E-state index contributed by atoms with van der Waals surface area (Å²) in [5.74, 6) is -2.72. The number of hydrogen-bond donors (Lipinski definition) is 1. The van der Waals surface area contributed by atoms with E-state index in [1.165, 1.54) is 13.8 Å². The number of carboxylic acid groups (broad SMARTS) is 1. The van der Waals surface area contributed by atoms with Gasteiger partial charge in [-0.1, -0.05) is 0 Å². The first-order valence-corrected chi connectivity index (χ1v) is 7.10. The highest BCUT2D eigenvalue weighted by Crippen LogP contribution is 2.48. The summed E-state index contributed by atoms with van der Waals surface area (Å²) in [4.78, 5) is 23.8. The maximum absolute atomic E-state index is 12.2. The average Bonchev–Trinajstić information content (AvgIpc) is 2.32. The molecule has 2 fully saturated rings. The Morgan fingerprint density at radius 2 is 2.06 bits per heavy atom. The molecule has 0 bridgehead atoms. The molecule has 1 amide bonds. The molecule has 2 aliphatic rings. The molecule has 0 radical (unpaired) electrons. The SMILES string of the molecule is CC1(C)[C@H](C(=O)O)N2C(=O)[C@@H](CCl)[C@H]2S1(=O)=O. The van der Waals surface area contributed by atoms with E-state index in [0.717, 1.165) is 4.90 Å². The summed E-state index contributed by atoms with van der Waals surface area (Å²) < 4.78 is 22.9. The third kappa shape index (κ3) is 1.24. The van der Waals surface area contributed by atoms with E-state index in [9.17, 15) is 18.0 Å². The number of halogens is 1. The number of nitrogens with zero attached hydrogens (tertiary/aromatic N) is 1. The van der Waals surface area contributed by atoms with Crippen LogP contribution in [0.4, 0.5) is 0 Å². The number of hydrogen-bond acceptors (Lipinski definition) is 4. The molecule has 0 unspecified atom stereocenters. The van der Waals surface area contributed by atoms with Crippen molar-refractivity contribution in [3.05, 3.63) is 0 Å². The van der Waals surface area contributed by atoms with Gasteiger partial charge in [-0.2, -0.15) is 0 Å². The summed E-state index contributed by atoms with van der Waals surface area (Å²) in [6.07, 6.45) is 0. The van der Waals surface area contributed by atoms with Crippen LogP contribution in [0, 0.1) is 5.92 Å². The lowest BCUT2D eigenvalue weighted by atomic mass is 9.93. The van der Waals surface area contributed by atoms with Gasteiger partial charge in [-0.15, -0.1) is 11.6 Å². The predicted molar refractivity (Wildman–Crippen MR) is 59.3 cm³/mol. The average molecular weight is 282 g/mol. The number of carbonyl (C=O) groups excluding carboxylic acids is 1. The van der Waals surface area contributed by atoms with Crippen LogP contribution in [0.3, 0.4) is 0 Å². The Balaban J connectivity index is 2.56. The molecule has 96 valence electrons. The fourth-order valence-corrected chi connectivity index (χ4v) is 5.27. The second kappa shape index (κ2) is 3.35. The van der Waals surface area contributed by atoms with Gasteiger partial charge in [0.25, 0.3) is 0 Å². The molecule has 0 aromatic carbocycles. The lowest BCUT2D eigenvalue weighted by Crippen LogP contribution is -2.64. The molecule has 1 N–H and O–H groups in total. The van der Waals surface area contributed by atoms with Crippen LogP contribution in [0.15, 0.2) is 0 Å². The van der Waals surface area contributed by atoms with Crippen molar-refractivity contribution >= 4 is 33.3 Å². The molecule has 0 aliphatic carbocycles. The number of β-lactam (4-membered cyclic amide) rings is 1. The fourth-order valence-electron chi connectivity index (χ4n) is 2.55. The van der Waals surface area contributed by atoms with Gasteiger partial charge in [0.1, 0.15) is 11.4 Å². The van der Waals surface area contributed by atoms with E-state index in [-0.39, 0.29) is 5.88 Å². The quantitative estimate of drug-likeness (QED) is 0.553. The van der Waals surface area contributed by atoms with E-state index in [4.69, 9.17) is 16.7 Å². The summed E-state index contributed by atoms with van der Waals surface area (Å²) >= 11 is 5.55. The Labute approximate surface area is 103 Å². The molecule has 0 aromatic heterocycles. The molecular weight excluding hydrogens is 270 g/mol. The molecule has 2 heterocycles. The van der Waals surface area contributed by atoms with E-state index in [0.29, 0.717) is 0 Å². The van der Waals surface area contributed by atoms with Crippen molar-refractivity contribution in [2.75, 3.05) is 5.88 Å². The molecule has 2 saturated heterocycles. The Hall–Kier alpha value is -0.820. The monoisotopic (exact) mass is 281 g/mol. The van der Waals surface area contributed by atoms with E-state index in [1.54, 1.807) is 0 Å². The van der Waals surface area contributed by atoms with Crippen LogP contribution < -0.4 is 0 Å². The number of carboxylic acids is 1. The molecule has 8 heteroatoms. The number of fused-ring (bicyclic) bond motifs is 1. The van der Waals surface area contributed by atoms with Crippen molar-refractivity contribution in [1.82, 2.24) is 4.90 Å². The molecule has 0 saturated carbocycles. The van der Waals surface area contributed by atoms with Gasteiger partial charge in [0.2, 0.25) is 5.91 Å². The summed E-state index contributed by atoms with van der Waals surface area (Å²) in [5.41, 5.74) is 0. The van der Waals surface area contributed by atoms with Gasteiger partial charge >= 0.3 is 5.97 Å². The second-order valence-electron chi connectivity index (χ2n) is 4.79. The fraction of sp³-hybridized carbons (Fsp3) is 0.778. The van der Waals surface area contributed by atoms with Gasteiger partial charge in [0.05, 0.1) is 10.7 Å². The third-order valence-corrected chi connectivity index (χ3v) is 6.79. The van der Waals surface area contributed by atoms with Crippen molar-refractivity contribution in [2.45, 2.75) is 30.0 Å². The first-order chi connectivity index (χ1) is 7.67. The lowest BCUT2D eigenvalue weighted by Gasteiger charge is -2.41. The van der Waals surface area contributed by atoms with Gasteiger partial charge in [-0.3, -0.25) is 4.79 Å². The number of rotatable bonds is 2. The highest BCUT2D eigenvalue weighted by molar-refractivity contribution is 7.93. The Morgan fingerprint density at radius 3 is 2.47 bits per heavy atom. The number of alkyl halides is 1. The van der Waals surface area contributed by atoms with Gasteiger partial charge in [-0.05, 0) is 13.8 Å². The maximum Gasteiger partial charge on any atom is 0.328 e. The van der Waals surface area contributed by atoms with E-state index < -0.39 is 43.8 Å². The third-order valence-electron chi connectivity index (χ3n) is 3.58.